The molecule has 3 aromatic heterocycles. The van der Waals surface area contributed by atoms with Gasteiger partial charge in [-0.2, -0.15) is 5.10 Å². The Morgan fingerprint density at radius 3 is 2.56 bits per heavy atom. The van der Waals surface area contributed by atoms with Gasteiger partial charge in [-0.15, -0.1) is 10.2 Å². The monoisotopic (exact) mass is 384 g/mol. The first kappa shape index (κ1) is 16.7. The molecule has 0 amide bonds. The van der Waals surface area contributed by atoms with Gasteiger partial charge in [0.15, 0.2) is 5.82 Å². The first-order valence-electron chi connectivity index (χ1n) is 7.64. The second-order valence-corrected chi connectivity index (χ2v) is 6.95. The van der Waals surface area contributed by atoms with Gasteiger partial charge in [-0.25, -0.2) is 13.1 Å². The Labute approximate surface area is 153 Å². The van der Waals surface area contributed by atoms with E-state index in [0.29, 0.717) is 23.1 Å². The van der Waals surface area contributed by atoms with Crippen LogP contribution in [0.15, 0.2) is 76.7 Å². The fourth-order valence-corrected chi connectivity index (χ4v) is 3.06. The number of nitrogens with one attached hydrogen (secondary N) is 1. The molecule has 3 heterocycles. The first-order valence-corrected chi connectivity index (χ1v) is 9.12. The van der Waals surface area contributed by atoms with Crippen molar-refractivity contribution >= 4 is 15.7 Å². The summed E-state index contributed by atoms with van der Waals surface area (Å²) in [5.74, 6) is 1.33. The van der Waals surface area contributed by atoms with Gasteiger partial charge in [0.25, 0.3) is 10.0 Å². The molecule has 0 saturated carbocycles. The van der Waals surface area contributed by atoms with Crippen molar-refractivity contribution in [3.63, 3.8) is 0 Å². The zero-order chi connectivity index (χ0) is 18.7. The zero-order valence-corrected chi connectivity index (χ0v) is 14.4. The second-order valence-electron chi connectivity index (χ2n) is 5.27. The lowest BCUT2D eigenvalue weighted by Crippen LogP contribution is -2.11. The standard InChI is InChI=1S/C16H12N6O4S/c23-27(24,14-10-18-25-11-14)21-12-2-4-13(5-3-12)26-16-7-6-15(19-20-16)22-9-1-8-17-22/h1-11,21H. The molecule has 0 bridgehead atoms. The molecule has 0 saturated heterocycles. The highest BCUT2D eigenvalue weighted by atomic mass is 32.2. The van der Waals surface area contributed by atoms with Crippen molar-refractivity contribution in [2.75, 3.05) is 4.72 Å². The van der Waals surface area contributed by atoms with Crippen LogP contribution in [0.1, 0.15) is 0 Å². The normalized spacial score (nSPS) is 11.3. The van der Waals surface area contributed by atoms with E-state index in [1.165, 1.54) is 0 Å². The minimum Gasteiger partial charge on any atom is -0.438 e. The molecule has 0 spiro atoms. The first-order chi connectivity index (χ1) is 13.1. The average molecular weight is 384 g/mol. The Morgan fingerprint density at radius 1 is 1.07 bits per heavy atom. The summed E-state index contributed by atoms with van der Waals surface area (Å²) >= 11 is 0. The Kier molecular flexibility index (Phi) is 4.26. The van der Waals surface area contributed by atoms with E-state index in [1.54, 1.807) is 59.5 Å². The fourth-order valence-electron chi connectivity index (χ4n) is 2.15. The zero-order valence-electron chi connectivity index (χ0n) is 13.6. The molecular formula is C16H12N6O4S. The predicted molar refractivity (Wildman–Crippen MR) is 93.0 cm³/mol. The number of anilines is 1. The largest absolute Gasteiger partial charge is 0.438 e. The molecule has 136 valence electrons. The van der Waals surface area contributed by atoms with E-state index in [-0.39, 0.29) is 4.90 Å². The molecule has 0 radical (unpaired) electrons. The van der Waals surface area contributed by atoms with Crippen LogP contribution in [-0.2, 0) is 10.0 Å². The Balaban J connectivity index is 1.43. The van der Waals surface area contributed by atoms with Crippen LogP contribution < -0.4 is 9.46 Å². The van der Waals surface area contributed by atoms with Crippen molar-refractivity contribution in [3.05, 3.63) is 67.3 Å². The quantitative estimate of drug-likeness (QED) is 0.536. The van der Waals surface area contributed by atoms with Crippen LogP contribution in [-0.4, -0.2) is 33.6 Å². The number of nitrogens with zero attached hydrogens (tertiary/aromatic N) is 5. The lowest BCUT2D eigenvalue weighted by molar-refractivity contribution is 0.417. The van der Waals surface area contributed by atoms with Gasteiger partial charge in [-0.1, -0.05) is 5.16 Å². The molecule has 0 fully saturated rings. The maximum atomic E-state index is 12.1. The van der Waals surface area contributed by atoms with Gasteiger partial charge in [0.2, 0.25) is 5.88 Å². The third kappa shape index (κ3) is 3.77. The summed E-state index contributed by atoms with van der Waals surface area (Å²) in [4.78, 5) is -0.0598. The van der Waals surface area contributed by atoms with Crippen LogP contribution in [0.25, 0.3) is 5.82 Å². The van der Waals surface area contributed by atoms with Crippen LogP contribution in [0, 0.1) is 0 Å². The molecule has 0 aliphatic heterocycles. The van der Waals surface area contributed by atoms with Gasteiger partial charge in [0, 0.05) is 24.1 Å². The molecule has 0 aliphatic carbocycles. The number of aromatic nitrogens is 5. The Bertz CT molecular complexity index is 1110. The molecule has 4 aromatic rings. The highest BCUT2D eigenvalue weighted by Crippen LogP contribution is 2.23. The van der Waals surface area contributed by atoms with Crippen molar-refractivity contribution in [2.45, 2.75) is 4.90 Å². The molecule has 10 nitrogen and oxygen atoms in total. The van der Waals surface area contributed by atoms with Crippen LogP contribution in [0.4, 0.5) is 5.69 Å². The van der Waals surface area contributed by atoms with Gasteiger partial charge in [0.05, 0.1) is 6.20 Å². The third-order valence-electron chi connectivity index (χ3n) is 3.41. The number of hydrogen-bond donors (Lipinski definition) is 1. The van der Waals surface area contributed by atoms with E-state index in [1.807, 2.05) is 0 Å². The number of rotatable bonds is 6. The Morgan fingerprint density at radius 2 is 1.93 bits per heavy atom. The summed E-state index contributed by atoms with van der Waals surface area (Å²) in [7, 11) is -3.75. The van der Waals surface area contributed by atoms with Gasteiger partial charge in [-0.05, 0) is 36.4 Å². The van der Waals surface area contributed by atoms with E-state index in [9.17, 15) is 8.42 Å². The highest BCUT2D eigenvalue weighted by molar-refractivity contribution is 7.92. The topological polar surface area (TPSA) is 125 Å². The van der Waals surface area contributed by atoms with E-state index in [2.05, 4.69) is 29.7 Å². The highest BCUT2D eigenvalue weighted by Gasteiger charge is 2.16. The van der Waals surface area contributed by atoms with Crippen LogP contribution in [0.2, 0.25) is 0 Å². The van der Waals surface area contributed by atoms with Crippen molar-refractivity contribution in [1.29, 1.82) is 0 Å². The van der Waals surface area contributed by atoms with Crippen LogP contribution >= 0.6 is 0 Å². The van der Waals surface area contributed by atoms with Gasteiger partial charge < -0.3 is 9.26 Å². The van der Waals surface area contributed by atoms with Crippen molar-refractivity contribution in [2.24, 2.45) is 0 Å². The summed E-state index contributed by atoms with van der Waals surface area (Å²) in [6.45, 7) is 0. The number of ether oxygens (including phenoxy) is 1. The van der Waals surface area contributed by atoms with E-state index in [4.69, 9.17) is 4.74 Å². The van der Waals surface area contributed by atoms with Gasteiger partial charge in [-0.3, -0.25) is 4.72 Å². The minimum atomic E-state index is -3.75. The molecule has 27 heavy (non-hydrogen) atoms. The van der Waals surface area contributed by atoms with E-state index >= 15 is 0 Å². The number of benzene rings is 1. The SMILES string of the molecule is O=S(=O)(Nc1ccc(Oc2ccc(-n3cccn3)nn2)cc1)c1cnoc1. The fraction of sp³-hybridized carbons (Fsp3) is 0. The molecule has 1 aromatic carbocycles. The van der Waals surface area contributed by atoms with Crippen molar-refractivity contribution in [3.8, 4) is 17.4 Å². The maximum Gasteiger partial charge on any atom is 0.266 e. The van der Waals surface area contributed by atoms with Crippen molar-refractivity contribution in [1.82, 2.24) is 25.1 Å². The van der Waals surface area contributed by atoms with Crippen LogP contribution in [0.5, 0.6) is 11.6 Å². The average Bonchev–Trinajstić information content (AvgIpc) is 3.38. The van der Waals surface area contributed by atoms with Gasteiger partial charge in [0.1, 0.15) is 16.9 Å². The van der Waals surface area contributed by atoms with Gasteiger partial charge >= 0.3 is 0 Å². The minimum absolute atomic E-state index is 0.0598. The van der Waals surface area contributed by atoms with E-state index in [0.717, 1.165) is 12.5 Å². The number of sulfonamides is 1. The molecule has 0 atom stereocenters. The summed E-state index contributed by atoms with van der Waals surface area (Å²) in [5.41, 5.74) is 0.365. The van der Waals surface area contributed by atoms with Crippen LogP contribution in [0.3, 0.4) is 0 Å². The smallest absolute Gasteiger partial charge is 0.266 e. The molecule has 11 heteroatoms. The lowest BCUT2D eigenvalue weighted by atomic mass is 10.3. The maximum absolute atomic E-state index is 12.1. The number of hydrogen-bond acceptors (Lipinski definition) is 8. The summed E-state index contributed by atoms with van der Waals surface area (Å²) in [6, 6.07) is 11.5. The summed E-state index contributed by atoms with van der Waals surface area (Å²) in [6.07, 6.45) is 5.56. The molecule has 4 rings (SSSR count). The molecule has 0 unspecified atom stereocenters. The lowest BCUT2D eigenvalue weighted by Gasteiger charge is -2.08. The Hall–Kier alpha value is -3.73. The van der Waals surface area contributed by atoms with E-state index < -0.39 is 10.0 Å². The second kappa shape index (κ2) is 6.88. The molecule has 1 N–H and O–H groups in total. The molecule has 0 aliphatic rings. The molecular weight excluding hydrogens is 372 g/mol. The van der Waals surface area contributed by atoms with Crippen molar-refractivity contribution < 1.29 is 17.7 Å². The summed E-state index contributed by atoms with van der Waals surface area (Å²) < 4.78 is 38.3. The predicted octanol–water partition coefficient (Wildman–Crippen LogP) is 2.24. The third-order valence-corrected chi connectivity index (χ3v) is 4.74. The summed E-state index contributed by atoms with van der Waals surface area (Å²) in [5, 5.41) is 15.5.